The first kappa shape index (κ1) is 20.6. The molecule has 1 aliphatic rings. The molecule has 3 N–H and O–H groups in total. The van der Waals surface area contributed by atoms with Crippen molar-refractivity contribution in [1.82, 2.24) is 20.2 Å². The number of primary amides is 1. The van der Waals surface area contributed by atoms with Crippen LogP contribution in [-0.4, -0.2) is 33.2 Å². The number of rotatable bonds is 6. The Kier molecular flexibility index (Phi) is 5.47. The summed E-state index contributed by atoms with van der Waals surface area (Å²) in [6.07, 6.45) is 0. The number of aromatic nitrogens is 4. The van der Waals surface area contributed by atoms with E-state index in [9.17, 15) is 9.18 Å². The molecule has 1 aromatic heterocycles. The summed E-state index contributed by atoms with van der Waals surface area (Å²) in [5.74, 6) is 0.0544. The molecule has 0 saturated heterocycles. The standard InChI is InChI=1S/C20H18ClFN6O3/c1-10-17(19(23)29)18(28-20(24-10)25-26-27-28)11-6-7-15(16(8-11)30-2)31-9-12-13(21)4-3-5-14(12)22/h3-8,18H,9H2,1-2H3,(H2,23,29)(H,24,25,27). The van der Waals surface area contributed by atoms with E-state index in [0.717, 1.165) is 0 Å². The summed E-state index contributed by atoms with van der Waals surface area (Å²) in [5.41, 5.74) is 7.38. The van der Waals surface area contributed by atoms with Crippen LogP contribution in [0.25, 0.3) is 0 Å². The van der Waals surface area contributed by atoms with Crippen molar-refractivity contribution in [2.45, 2.75) is 19.6 Å². The first-order valence-electron chi connectivity index (χ1n) is 9.19. The van der Waals surface area contributed by atoms with Gasteiger partial charge in [0.25, 0.3) is 0 Å². The number of nitrogens with zero attached hydrogens (tertiary/aromatic N) is 4. The van der Waals surface area contributed by atoms with Crippen molar-refractivity contribution in [3.63, 3.8) is 0 Å². The molecule has 1 atom stereocenters. The van der Waals surface area contributed by atoms with Crippen LogP contribution in [0.1, 0.15) is 24.1 Å². The second kappa shape index (κ2) is 8.23. The Labute approximate surface area is 181 Å². The van der Waals surface area contributed by atoms with E-state index in [1.807, 2.05) is 0 Å². The normalized spacial score (nSPS) is 15.3. The lowest BCUT2D eigenvalue weighted by Crippen LogP contribution is -2.31. The highest BCUT2D eigenvalue weighted by molar-refractivity contribution is 6.31. The lowest BCUT2D eigenvalue weighted by Gasteiger charge is -2.27. The van der Waals surface area contributed by atoms with Gasteiger partial charge in [-0.15, -0.1) is 0 Å². The van der Waals surface area contributed by atoms with E-state index in [1.165, 1.54) is 23.9 Å². The fraction of sp³-hybridized carbons (Fsp3) is 0.200. The van der Waals surface area contributed by atoms with Crippen molar-refractivity contribution in [1.29, 1.82) is 0 Å². The molecule has 1 unspecified atom stereocenters. The van der Waals surface area contributed by atoms with Gasteiger partial charge in [-0.25, -0.2) is 4.39 Å². The largest absolute Gasteiger partial charge is 0.493 e. The maximum absolute atomic E-state index is 14.0. The van der Waals surface area contributed by atoms with E-state index in [1.54, 1.807) is 31.2 Å². The quantitative estimate of drug-likeness (QED) is 0.600. The van der Waals surface area contributed by atoms with Gasteiger partial charge >= 0.3 is 0 Å². The van der Waals surface area contributed by atoms with Crippen LogP contribution < -0.4 is 20.5 Å². The number of amides is 1. The van der Waals surface area contributed by atoms with Gasteiger partial charge in [0.1, 0.15) is 18.5 Å². The minimum absolute atomic E-state index is 0.0861. The Morgan fingerprint density at radius 3 is 2.84 bits per heavy atom. The third-order valence-electron chi connectivity index (χ3n) is 4.92. The number of nitrogens with one attached hydrogen (secondary N) is 1. The number of carbonyl (C=O) groups is 1. The molecule has 4 rings (SSSR count). The summed E-state index contributed by atoms with van der Waals surface area (Å²) < 4.78 is 26.7. The van der Waals surface area contributed by atoms with Crippen LogP contribution in [0.15, 0.2) is 47.7 Å². The molecule has 31 heavy (non-hydrogen) atoms. The van der Waals surface area contributed by atoms with Crippen LogP contribution in [0, 0.1) is 5.82 Å². The van der Waals surface area contributed by atoms with Crippen LogP contribution in [0.3, 0.4) is 0 Å². The third kappa shape index (κ3) is 3.77. The fourth-order valence-corrected chi connectivity index (χ4v) is 3.65. The Morgan fingerprint density at radius 1 is 1.32 bits per heavy atom. The zero-order valence-electron chi connectivity index (χ0n) is 16.6. The molecule has 0 fully saturated rings. The van der Waals surface area contributed by atoms with Crippen LogP contribution in [0.5, 0.6) is 11.5 Å². The van der Waals surface area contributed by atoms with Crippen LogP contribution >= 0.6 is 11.6 Å². The number of hydrogen-bond donors (Lipinski definition) is 2. The third-order valence-corrected chi connectivity index (χ3v) is 5.27. The van der Waals surface area contributed by atoms with Gasteiger partial charge in [-0.2, -0.15) is 4.68 Å². The molecule has 160 valence electrons. The van der Waals surface area contributed by atoms with Crippen molar-refractivity contribution >= 4 is 23.5 Å². The Balaban J connectivity index is 1.69. The molecular formula is C20H18ClFN6O3. The lowest BCUT2D eigenvalue weighted by molar-refractivity contribution is -0.115. The van der Waals surface area contributed by atoms with Gasteiger partial charge in [0.15, 0.2) is 11.5 Å². The smallest absolute Gasteiger partial charge is 0.248 e. The molecule has 1 aliphatic heterocycles. The van der Waals surface area contributed by atoms with Crippen LogP contribution in [-0.2, 0) is 11.4 Å². The number of nitrogens with two attached hydrogens (primary N) is 1. The molecule has 0 radical (unpaired) electrons. The molecule has 0 spiro atoms. The Hall–Kier alpha value is -3.66. The average molecular weight is 445 g/mol. The minimum Gasteiger partial charge on any atom is -0.493 e. The number of tetrazole rings is 1. The molecule has 0 saturated carbocycles. The zero-order chi connectivity index (χ0) is 22.1. The first-order chi connectivity index (χ1) is 14.9. The van der Waals surface area contributed by atoms with Gasteiger partial charge in [0.05, 0.1) is 17.7 Å². The summed E-state index contributed by atoms with van der Waals surface area (Å²) >= 11 is 6.07. The molecule has 11 heteroatoms. The maximum atomic E-state index is 14.0. The van der Waals surface area contributed by atoms with Crippen molar-refractivity contribution in [3.8, 4) is 11.5 Å². The topological polar surface area (TPSA) is 117 Å². The van der Waals surface area contributed by atoms with E-state index in [2.05, 4.69) is 20.8 Å². The number of hydrogen-bond acceptors (Lipinski definition) is 7. The predicted octanol–water partition coefficient (Wildman–Crippen LogP) is 2.83. The van der Waals surface area contributed by atoms with Gasteiger partial charge in [0, 0.05) is 11.3 Å². The molecule has 0 bridgehead atoms. The number of fused-ring (bicyclic) bond motifs is 1. The van der Waals surface area contributed by atoms with Gasteiger partial charge < -0.3 is 20.5 Å². The number of allylic oxidation sites excluding steroid dienone is 1. The first-order valence-corrected chi connectivity index (χ1v) is 9.57. The summed E-state index contributed by atoms with van der Waals surface area (Å²) in [4.78, 5) is 12.2. The van der Waals surface area contributed by atoms with E-state index in [-0.39, 0.29) is 17.2 Å². The fourth-order valence-electron chi connectivity index (χ4n) is 3.43. The van der Waals surface area contributed by atoms with Gasteiger partial charge in [0.2, 0.25) is 11.9 Å². The highest BCUT2D eigenvalue weighted by atomic mass is 35.5. The Bertz CT molecular complexity index is 1180. The number of ether oxygens (including phenoxy) is 2. The lowest BCUT2D eigenvalue weighted by atomic mass is 9.95. The van der Waals surface area contributed by atoms with Crippen LogP contribution in [0.2, 0.25) is 5.02 Å². The molecule has 9 nitrogen and oxygen atoms in total. The van der Waals surface area contributed by atoms with Gasteiger partial charge in [-0.1, -0.05) is 28.8 Å². The zero-order valence-corrected chi connectivity index (χ0v) is 17.4. The van der Waals surface area contributed by atoms with Crippen LogP contribution in [0.4, 0.5) is 10.3 Å². The van der Waals surface area contributed by atoms with E-state index >= 15 is 0 Å². The van der Waals surface area contributed by atoms with E-state index in [0.29, 0.717) is 34.3 Å². The van der Waals surface area contributed by atoms with Crippen molar-refractivity contribution < 1.29 is 18.7 Å². The maximum Gasteiger partial charge on any atom is 0.248 e. The summed E-state index contributed by atoms with van der Waals surface area (Å²) in [6, 6.07) is 8.84. The van der Waals surface area contributed by atoms with Crippen molar-refractivity contribution in [3.05, 3.63) is 69.6 Å². The monoisotopic (exact) mass is 444 g/mol. The predicted molar refractivity (Wildman–Crippen MR) is 110 cm³/mol. The second-order valence-electron chi connectivity index (χ2n) is 6.78. The summed E-state index contributed by atoms with van der Waals surface area (Å²) in [5, 5.41) is 14.8. The van der Waals surface area contributed by atoms with Crippen molar-refractivity contribution in [2.24, 2.45) is 5.73 Å². The molecule has 3 aromatic rings. The average Bonchev–Trinajstić information content (AvgIpc) is 3.20. The molecular weight excluding hydrogens is 427 g/mol. The van der Waals surface area contributed by atoms with Gasteiger partial charge in [-0.3, -0.25) is 4.79 Å². The molecule has 1 amide bonds. The van der Waals surface area contributed by atoms with Gasteiger partial charge in [-0.05, 0) is 47.2 Å². The second-order valence-corrected chi connectivity index (χ2v) is 7.18. The van der Waals surface area contributed by atoms with Crippen molar-refractivity contribution in [2.75, 3.05) is 12.4 Å². The summed E-state index contributed by atoms with van der Waals surface area (Å²) in [6.45, 7) is 1.63. The highest BCUT2D eigenvalue weighted by Crippen LogP contribution is 2.38. The molecule has 0 aliphatic carbocycles. The molecule has 2 aromatic carbocycles. The number of anilines is 1. The number of carbonyl (C=O) groups excluding carboxylic acids is 1. The Morgan fingerprint density at radius 2 is 2.13 bits per heavy atom. The molecule has 2 heterocycles. The minimum atomic E-state index is -0.660. The number of halogens is 2. The SMILES string of the molecule is COc1cc(C2C(C(N)=O)=C(C)Nc3nnnn32)ccc1OCc1c(F)cccc1Cl. The summed E-state index contributed by atoms with van der Waals surface area (Å²) in [7, 11) is 1.48. The highest BCUT2D eigenvalue weighted by Gasteiger charge is 2.33. The van der Waals surface area contributed by atoms with E-state index in [4.69, 9.17) is 26.8 Å². The number of methoxy groups -OCH3 is 1. The number of benzene rings is 2. The van der Waals surface area contributed by atoms with E-state index < -0.39 is 17.8 Å².